The first-order chi connectivity index (χ1) is 9.29. The molecule has 0 aromatic carbocycles. The van der Waals surface area contributed by atoms with E-state index in [1.807, 2.05) is 6.07 Å². The van der Waals surface area contributed by atoms with Gasteiger partial charge in [-0.05, 0) is 38.4 Å². The number of amides is 1. The Labute approximate surface area is 114 Å². The van der Waals surface area contributed by atoms with E-state index in [1.165, 1.54) is 0 Å². The zero-order chi connectivity index (χ0) is 13.5. The van der Waals surface area contributed by atoms with Gasteiger partial charge in [-0.15, -0.1) is 0 Å². The van der Waals surface area contributed by atoms with Gasteiger partial charge in [-0.3, -0.25) is 9.69 Å². The number of likely N-dealkylation sites (tertiary alicyclic amines) is 1. The summed E-state index contributed by atoms with van der Waals surface area (Å²) in [5.74, 6) is 1.52. The van der Waals surface area contributed by atoms with Crippen LogP contribution >= 0.6 is 0 Å². The van der Waals surface area contributed by atoms with E-state index in [4.69, 9.17) is 0 Å². The van der Waals surface area contributed by atoms with Gasteiger partial charge in [0.25, 0.3) is 0 Å². The molecule has 0 unspecified atom stereocenters. The molecule has 1 amide bonds. The molecule has 1 aliphatic rings. The van der Waals surface area contributed by atoms with Crippen LogP contribution in [-0.2, 0) is 4.79 Å². The lowest BCUT2D eigenvalue weighted by Crippen LogP contribution is -2.41. The molecule has 0 bridgehead atoms. The van der Waals surface area contributed by atoms with E-state index >= 15 is 0 Å². The van der Waals surface area contributed by atoms with Gasteiger partial charge in [0.05, 0.1) is 6.54 Å². The van der Waals surface area contributed by atoms with Gasteiger partial charge < -0.3 is 5.32 Å². The minimum Gasteiger partial charge on any atom is -0.355 e. The highest BCUT2D eigenvalue weighted by atomic mass is 16.2. The van der Waals surface area contributed by atoms with Crippen LogP contribution in [0, 0.1) is 0 Å². The van der Waals surface area contributed by atoms with Gasteiger partial charge in [0, 0.05) is 24.9 Å². The summed E-state index contributed by atoms with van der Waals surface area (Å²) in [6.07, 6.45) is 6.65. The van der Waals surface area contributed by atoms with Crippen molar-refractivity contribution >= 4 is 5.91 Å². The van der Waals surface area contributed by atoms with Crippen molar-refractivity contribution in [3.63, 3.8) is 0 Å². The number of nitrogens with zero attached hydrogens (tertiary/aromatic N) is 3. The Balaban J connectivity index is 1.75. The molecule has 0 spiro atoms. The number of nitrogens with one attached hydrogen (secondary N) is 1. The van der Waals surface area contributed by atoms with Crippen LogP contribution in [0.3, 0.4) is 0 Å². The average molecular weight is 262 g/mol. The molecule has 1 aromatic heterocycles. The summed E-state index contributed by atoms with van der Waals surface area (Å²) in [6, 6.07) is 1.84. The predicted octanol–water partition coefficient (Wildman–Crippen LogP) is 1.18. The van der Waals surface area contributed by atoms with E-state index in [0.717, 1.165) is 44.7 Å². The van der Waals surface area contributed by atoms with Crippen LogP contribution in [0.25, 0.3) is 0 Å². The van der Waals surface area contributed by atoms with Crippen LogP contribution in [-0.4, -0.2) is 47.0 Å². The zero-order valence-electron chi connectivity index (χ0n) is 11.5. The number of carbonyl (C=O) groups is 1. The van der Waals surface area contributed by atoms with Crippen LogP contribution in [0.15, 0.2) is 18.5 Å². The fourth-order valence-electron chi connectivity index (χ4n) is 2.39. The molecule has 19 heavy (non-hydrogen) atoms. The Morgan fingerprint density at radius 2 is 2.05 bits per heavy atom. The van der Waals surface area contributed by atoms with Crippen LogP contribution in [0.4, 0.5) is 0 Å². The number of hydrogen-bond donors (Lipinski definition) is 1. The molecule has 1 aromatic rings. The molecule has 2 heterocycles. The maximum absolute atomic E-state index is 11.6. The van der Waals surface area contributed by atoms with Crippen molar-refractivity contribution in [1.82, 2.24) is 20.2 Å². The summed E-state index contributed by atoms with van der Waals surface area (Å²) in [6.45, 7) is 5.24. The lowest BCUT2D eigenvalue weighted by molar-refractivity contribution is -0.122. The Morgan fingerprint density at radius 1 is 1.37 bits per heavy atom. The van der Waals surface area contributed by atoms with E-state index in [-0.39, 0.29) is 5.91 Å². The van der Waals surface area contributed by atoms with Crippen molar-refractivity contribution in [2.75, 3.05) is 26.2 Å². The highest BCUT2D eigenvalue weighted by Crippen LogP contribution is 2.24. The summed E-state index contributed by atoms with van der Waals surface area (Å²) in [5.41, 5.74) is 0. The fraction of sp³-hybridized carbons (Fsp3) is 0.643. The molecule has 5 heteroatoms. The van der Waals surface area contributed by atoms with Gasteiger partial charge in [-0.25, -0.2) is 9.97 Å². The number of carbonyl (C=O) groups excluding carboxylic acids is 1. The molecular weight excluding hydrogens is 240 g/mol. The Morgan fingerprint density at radius 3 is 2.68 bits per heavy atom. The number of hydrogen-bond acceptors (Lipinski definition) is 4. The first-order valence-electron chi connectivity index (χ1n) is 7.05. The van der Waals surface area contributed by atoms with Crippen molar-refractivity contribution in [3.8, 4) is 0 Å². The second-order valence-electron chi connectivity index (χ2n) is 5.01. The van der Waals surface area contributed by atoms with Crippen molar-refractivity contribution in [2.45, 2.75) is 32.1 Å². The Kier molecular flexibility index (Phi) is 5.27. The zero-order valence-corrected chi connectivity index (χ0v) is 11.5. The van der Waals surface area contributed by atoms with Gasteiger partial charge in [0.15, 0.2) is 0 Å². The minimum atomic E-state index is 0.135. The largest absolute Gasteiger partial charge is 0.355 e. The Hall–Kier alpha value is -1.49. The highest BCUT2D eigenvalue weighted by molar-refractivity contribution is 5.77. The van der Waals surface area contributed by atoms with E-state index in [2.05, 4.69) is 27.1 Å². The normalized spacial score (nSPS) is 17.3. The molecule has 1 saturated heterocycles. The van der Waals surface area contributed by atoms with Crippen LogP contribution in [0.2, 0.25) is 0 Å². The van der Waals surface area contributed by atoms with Crippen molar-refractivity contribution < 1.29 is 4.79 Å². The minimum absolute atomic E-state index is 0.135. The van der Waals surface area contributed by atoms with Gasteiger partial charge in [-0.2, -0.15) is 0 Å². The smallest absolute Gasteiger partial charge is 0.234 e. The summed E-state index contributed by atoms with van der Waals surface area (Å²) in [7, 11) is 0. The number of piperidine rings is 1. The standard InChI is InChI=1S/C14H22N4O/c1-2-6-15-13(19)11-18-9-4-12(5-10-18)14-16-7-3-8-17-14/h3,7-8,12H,2,4-6,9-11H2,1H3,(H,15,19). The molecule has 2 rings (SSSR count). The fourth-order valence-corrected chi connectivity index (χ4v) is 2.39. The summed E-state index contributed by atoms with van der Waals surface area (Å²) >= 11 is 0. The van der Waals surface area contributed by atoms with E-state index < -0.39 is 0 Å². The number of aromatic nitrogens is 2. The highest BCUT2D eigenvalue weighted by Gasteiger charge is 2.23. The molecule has 0 radical (unpaired) electrons. The van der Waals surface area contributed by atoms with Crippen molar-refractivity contribution in [3.05, 3.63) is 24.3 Å². The monoisotopic (exact) mass is 262 g/mol. The lowest BCUT2D eigenvalue weighted by Gasteiger charge is -2.30. The van der Waals surface area contributed by atoms with Gasteiger partial charge in [0.1, 0.15) is 5.82 Å². The molecule has 0 atom stereocenters. The predicted molar refractivity (Wildman–Crippen MR) is 73.7 cm³/mol. The van der Waals surface area contributed by atoms with E-state index in [1.54, 1.807) is 12.4 Å². The topological polar surface area (TPSA) is 58.1 Å². The third-order valence-corrected chi connectivity index (χ3v) is 3.48. The van der Waals surface area contributed by atoms with Gasteiger partial charge in [-0.1, -0.05) is 6.92 Å². The average Bonchev–Trinajstić information content (AvgIpc) is 2.47. The van der Waals surface area contributed by atoms with Crippen LogP contribution in [0.1, 0.15) is 37.9 Å². The van der Waals surface area contributed by atoms with E-state index in [0.29, 0.717) is 12.5 Å². The van der Waals surface area contributed by atoms with E-state index in [9.17, 15) is 4.79 Å². The van der Waals surface area contributed by atoms with Crippen molar-refractivity contribution in [2.24, 2.45) is 0 Å². The molecule has 1 aliphatic heterocycles. The maximum Gasteiger partial charge on any atom is 0.234 e. The Bertz CT molecular complexity index is 388. The molecule has 0 saturated carbocycles. The second kappa shape index (κ2) is 7.19. The summed E-state index contributed by atoms with van der Waals surface area (Å²) in [5, 5.41) is 2.92. The van der Waals surface area contributed by atoms with Crippen LogP contribution < -0.4 is 5.32 Å². The molecule has 104 valence electrons. The third kappa shape index (κ3) is 4.28. The quantitative estimate of drug-likeness (QED) is 0.866. The first-order valence-corrected chi connectivity index (χ1v) is 7.05. The van der Waals surface area contributed by atoms with Gasteiger partial charge >= 0.3 is 0 Å². The third-order valence-electron chi connectivity index (χ3n) is 3.48. The number of rotatable bonds is 5. The van der Waals surface area contributed by atoms with Crippen molar-refractivity contribution in [1.29, 1.82) is 0 Å². The molecule has 1 N–H and O–H groups in total. The first kappa shape index (κ1) is 13.9. The SMILES string of the molecule is CCCNC(=O)CN1CCC(c2ncccn2)CC1. The summed E-state index contributed by atoms with van der Waals surface area (Å²) in [4.78, 5) is 22.5. The lowest BCUT2D eigenvalue weighted by atomic mass is 9.96. The molecular formula is C14H22N4O. The maximum atomic E-state index is 11.6. The molecule has 5 nitrogen and oxygen atoms in total. The molecule has 0 aliphatic carbocycles. The summed E-state index contributed by atoms with van der Waals surface area (Å²) < 4.78 is 0. The van der Waals surface area contributed by atoms with Crippen LogP contribution in [0.5, 0.6) is 0 Å². The second-order valence-corrected chi connectivity index (χ2v) is 5.01. The van der Waals surface area contributed by atoms with Gasteiger partial charge in [0.2, 0.25) is 5.91 Å². The molecule has 1 fully saturated rings.